The fraction of sp³-hybridized carbons (Fsp3) is 0.375. The van der Waals surface area contributed by atoms with Crippen LogP contribution in [-0.4, -0.2) is 54.5 Å². The van der Waals surface area contributed by atoms with Crippen LogP contribution in [0.5, 0.6) is 0 Å². The Labute approximate surface area is 198 Å². The lowest BCUT2D eigenvalue weighted by molar-refractivity contribution is -0.141. The summed E-state index contributed by atoms with van der Waals surface area (Å²) in [5, 5.41) is 2.79. The minimum atomic E-state index is -4.04. The molecule has 3 rings (SSSR count). The normalized spacial score (nSPS) is 15.0. The minimum Gasteiger partial charge on any atom is -0.354 e. The largest absolute Gasteiger partial charge is 0.354 e. The number of sulfonamides is 1. The molecule has 3 amide bonds. The van der Waals surface area contributed by atoms with Crippen molar-refractivity contribution in [2.75, 3.05) is 13.1 Å². The zero-order valence-electron chi connectivity index (χ0n) is 19.2. The maximum atomic E-state index is 13.4. The molecule has 0 bridgehead atoms. The minimum absolute atomic E-state index is 0.0398. The number of hydrogen-bond donors (Lipinski definition) is 1. The summed E-state index contributed by atoms with van der Waals surface area (Å²) < 4.78 is 39.6. The van der Waals surface area contributed by atoms with Crippen LogP contribution in [0.3, 0.4) is 0 Å². The van der Waals surface area contributed by atoms with Crippen molar-refractivity contribution in [3.05, 3.63) is 65.5 Å². The molecule has 0 aromatic heterocycles. The molecule has 0 saturated carbocycles. The van der Waals surface area contributed by atoms with Crippen molar-refractivity contribution in [1.82, 2.24) is 14.5 Å². The number of rotatable bonds is 10. The van der Waals surface area contributed by atoms with Crippen LogP contribution < -0.4 is 5.32 Å². The van der Waals surface area contributed by atoms with Crippen LogP contribution in [0.2, 0.25) is 0 Å². The van der Waals surface area contributed by atoms with E-state index >= 15 is 0 Å². The molecule has 1 atom stereocenters. The first-order valence-electron chi connectivity index (χ1n) is 11.2. The third-order valence-electron chi connectivity index (χ3n) is 5.64. The van der Waals surface area contributed by atoms with Gasteiger partial charge in [-0.25, -0.2) is 17.1 Å². The van der Waals surface area contributed by atoms with Crippen LogP contribution in [0, 0.1) is 5.82 Å². The first-order chi connectivity index (χ1) is 16.2. The molecule has 2 aromatic carbocycles. The van der Waals surface area contributed by atoms with E-state index in [0.29, 0.717) is 22.8 Å². The van der Waals surface area contributed by atoms with Crippen molar-refractivity contribution in [3.63, 3.8) is 0 Å². The lowest BCUT2D eigenvalue weighted by Crippen LogP contribution is -2.49. The smallest absolute Gasteiger partial charge is 0.269 e. The number of halogens is 1. The van der Waals surface area contributed by atoms with Crippen molar-refractivity contribution >= 4 is 27.7 Å². The van der Waals surface area contributed by atoms with Gasteiger partial charge in [0.15, 0.2) is 0 Å². The van der Waals surface area contributed by atoms with Gasteiger partial charge in [-0.05, 0) is 42.7 Å². The van der Waals surface area contributed by atoms with E-state index in [9.17, 15) is 27.2 Å². The summed E-state index contributed by atoms with van der Waals surface area (Å²) in [7, 11) is -4.04. The Morgan fingerprint density at radius 2 is 1.76 bits per heavy atom. The second kappa shape index (κ2) is 10.8. The van der Waals surface area contributed by atoms with Gasteiger partial charge in [0.1, 0.15) is 16.8 Å². The lowest BCUT2D eigenvalue weighted by Gasteiger charge is -2.31. The van der Waals surface area contributed by atoms with Crippen LogP contribution in [0.15, 0.2) is 53.4 Å². The molecule has 0 spiro atoms. The number of fused-ring (bicyclic) bond motifs is 1. The van der Waals surface area contributed by atoms with Crippen LogP contribution in [0.4, 0.5) is 4.39 Å². The third kappa shape index (κ3) is 5.27. The van der Waals surface area contributed by atoms with Gasteiger partial charge in [-0.1, -0.05) is 38.1 Å². The average Bonchev–Trinajstić information content (AvgIpc) is 3.02. The molecule has 0 unspecified atom stereocenters. The van der Waals surface area contributed by atoms with Gasteiger partial charge in [0, 0.05) is 26.1 Å². The Bertz CT molecular complexity index is 1170. The standard InChI is InChI=1S/C24H28FN3O5S/c1-3-14-26-23(30)20(4-2)27(16-17-9-11-18(25)12-10-17)22(29)13-15-28-24(31)19-7-5-6-8-21(19)34(28,32)33/h5-12,20H,3-4,13-16H2,1-2H3,(H,26,30)/t20-/m0/s1. The van der Waals surface area contributed by atoms with Crippen LogP contribution in [0.1, 0.15) is 49.0 Å². The molecule has 182 valence electrons. The summed E-state index contributed by atoms with van der Waals surface area (Å²) >= 11 is 0. The highest BCUT2D eigenvalue weighted by atomic mass is 32.2. The molecule has 8 nitrogen and oxygen atoms in total. The number of nitrogens with zero attached hydrogens (tertiary/aromatic N) is 2. The van der Waals surface area contributed by atoms with E-state index < -0.39 is 33.7 Å². The summed E-state index contributed by atoms with van der Waals surface area (Å²) in [6.45, 7) is 3.83. The summed E-state index contributed by atoms with van der Waals surface area (Å²) in [4.78, 5) is 40.0. The van der Waals surface area contributed by atoms with E-state index in [1.807, 2.05) is 6.92 Å². The summed E-state index contributed by atoms with van der Waals surface area (Å²) in [5.41, 5.74) is 0.692. The lowest BCUT2D eigenvalue weighted by atomic mass is 10.1. The molecule has 0 aliphatic carbocycles. The van der Waals surface area contributed by atoms with E-state index in [0.717, 1.165) is 6.42 Å². The maximum Gasteiger partial charge on any atom is 0.269 e. The highest BCUT2D eigenvalue weighted by Gasteiger charge is 2.41. The predicted octanol–water partition coefficient (Wildman–Crippen LogP) is 2.69. The molecular formula is C24H28FN3O5S. The molecule has 1 heterocycles. The quantitative estimate of drug-likeness (QED) is 0.553. The molecule has 10 heteroatoms. The highest BCUT2D eigenvalue weighted by Crippen LogP contribution is 2.30. The first-order valence-corrected chi connectivity index (χ1v) is 12.6. The Kier molecular flexibility index (Phi) is 8.03. The fourth-order valence-electron chi connectivity index (χ4n) is 3.87. The monoisotopic (exact) mass is 489 g/mol. The number of hydrogen-bond acceptors (Lipinski definition) is 5. The van der Waals surface area contributed by atoms with E-state index in [1.54, 1.807) is 13.0 Å². The molecule has 1 aliphatic heterocycles. The maximum absolute atomic E-state index is 13.4. The van der Waals surface area contributed by atoms with Crippen LogP contribution >= 0.6 is 0 Å². The van der Waals surface area contributed by atoms with Gasteiger partial charge in [-0.15, -0.1) is 0 Å². The van der Waals surface area contributed by atoms with Crippen molar-refractivity contribution in [1.29, 1.82) is 0 Å². The topological polar surface area (TPSA) is 104 Å². The summed E-state index contributed by atoms with van der Waals surface area (Å²) in [6, 6.07) is 10.7. The van der Waals surface area contributed by atoms with Gasteiger partial charge in [-0.3, -0.25) is 14.4 Å². The Morgan fingerprint density at radius 3 is 2.38 bits per heavy atom. The molecule has 2 aromatic rings. The molecule has 1 aliphatic rings. The van der Waals surface area contributed by atoms with Crippen molar-refractivity contribution in [3.8, 4) is 0 Å². The van der Waals surface area contributed by atoms with Crippen LogP contribution in [-0.2, 0) is 26.2 Å². The first kappa shape index (κ1) is 25.4. The van der Waals surface area contributed by atoms with Gasteiger partial charge in [-0.2, -0.15) is 0 Å². The molecule has 0 fully saturated rings. The number of nitrogens with one attached hydrogen (secondary N) is 1. The molecule has 0 radical (unpaired) electrons. The SMILES string of the molecule is CCCNC(=O)[C@H](CC)N(Cc1ccc(F)cc1)C(=O)CCN1C(=O)c2ccccc2S1(=O)=O. The molecule has 1 N–H and O–H groups in total. The number of benzene rings is 2. The Morgan fingerprint density at radius 1 is 1.09 bits per heavy atom. The fourth-order valence-corrected chi connectivity index (χ4v) is 5.43. The van der Waals surface area contributed by atoms with Gasteiger partial charge >= 0.3 is 0 Å². The van der Waals surface area contributed by atoms with Gasteiger partial charge < -0.3 is 10.2 Å². The average molecular weight is 490 g/mol. The van der Waals surface area contributed by atoms with Gasteiger partial charge in [0.25, 0.3) is 15.9 Å². The predicted molar refractivity (Wildman–Crippen MR) is 124 cm³/mol. The second-order valence-electron chi connectivity index (χ2n) is 7.99. The Balaban J connectivity index is 1.81. The van der Waals surface area contributed by atoms with Crippen molar-refractivity contribution in [2.24, 2.45) is 0 Å². The van der Waals surface area contributed by atoms with E-state index in [-0.39, 0.29) is 35.9 Å². The van der Waals surface area contributed by atoms with Gasteiger partial charge in [0.2, 0.25) is 11.8 Å². The number of carbonyl (C=O) groups is 3. The molecule has 34 heavy (non-hydrogen) atoms. The second-order valence-corrected chi connectivity index (χ2v) is 9.82. The zero-order valence-corrected chi connectivity index (χ0v) is 20.0. The third-order valence-corrected chi connectivity index (χ3v) is 7.48. The van der Waals surface area contributed by atoms with Crippen LogP contribution in [0.25, 0.3) is 0 Å². The molecular weight excluding hydrogens is 461 g/mol. The van der Waals surface area contributed by atoms with Gasteiger partial charge in [0.05, 0.1) is 5.56 Å². The van der Waals surface area contributed by atoms with E-state index in [2.05, 4.69) is 5.32 Å². The van der Waals surface area contributed by atoms with E-state index in [4.69, 9.17) is 0 Å². The number of amides is 3. The van der Waals surface area contributed by atoms with Crippen molar-refractivity contribution < 1.29 is 27.2 Å². The zero-order chi connectivity index (χ0) is 24.9. The number of carbonyl (C=O) groups excluding carboxylic acids is 3. The van der Waals surface area contributed by atoms with E-state index in [1.165, 1.54) is 47.4 Å². The highest BCUT2D eigenvalue weighted by molar-refractivity contribution is 7.90. The summed E-state index contributed by atoms with van der Waals surface area (Å²) in [5.74, 6) is -1.91. The Hall–Kier alpha value is -3.27. The summed E-state index contributed by atoms with van der Waals surface area (Å²) in [6.07, 6.45) is 0.760. The van der Waals surface area contributed by atoms with Crippen molar-refractivity contribution in [2.45, 2.75) is 50.6 Å². The molecule has 0 saturated heterocycles.